The summed E-state index contributed by atoms with van der Waals surface area (Å²) < 4.78 is 5.30. The lowest BCUT2D eigenvalue weighted by atomic mass is 10.1. The van der Waals surface area contributed by atoms with Crippen LogP contribution in [0, 0.1) is 0 Å². The third kappa shape index (κ3) is 3.83. The largest absolute Gasteiger partial charge is 0.492 e. The summed E-state index contributed by atoms with van der Waals surface area (Å²) in [5, 5.41) is 2.77. The van der Waals surface area contributed by atoms with Gasteiger partial charge >= 0.3 is 0 Å². The van der Waals surface area contributed by atoms with Crippen LogP contribution in [-0.4, -0.2) is 19.1 Å². The minimum absolute atomic E-state index is 0.137. The van der Waals surface area contributed by atoms with Gasteiger partial charge in [0, 0.05) is 12.1 Å². The summed E-state index contributed by atoms with van der Waals surface area (Å²) in [4.78, 5) is 11.7. The topological polar surface area (TPSA) is 64.3 Å². The monoisotopic (exact) mass is 234 g/mol. The van der Waals surface area contributed by atoms with Crippen molar-refractivity contribution in [1.29, 1.82) is 0 Å². The predicted molar refractivity (Wildman–Crippen MR) is 69.2 cm³/mol. The van der Waals surface area contributed by atoms with Gasteiger partial charge in [-0.25, -0.2) is 0 Å². The zero-order chi connectivity index (χ0) is 12.7. The second kappa shape index (κ2) is 6.58. The molecule has 1 aromatic rings. The van der Waals surface area contributed by atoms with Gasteiger partial charge in [0.25, 0.3) is 5.91 Å². The number of hydrogen-bond acceptors (Lipinski definition) is 3. The van der Waals surface area contributed by atoms with Crippen molar-refractivity contribution in [3.8, 4) is 5.75 Å². The Bertz CT molecular complexity index is 402. The van der Waals surface area contributed by atoms with E-state index in [1.807, 2.05) is 6.92 Å². The first-order valence-corrected chi connectivity index (χ1v) is 5.60. The van der Waals surface area contributed by atoms with Crippen molar-refractivity contribution in [1.82, 2.24) is 5.32 Å². The SMILES string of the molecule is C=CCCNC(=O)c1ccc(OCC)c(N)c1. The zero-order valence-corrected chi connectivity index (χ0v) is 10.0. The van der Waals surface area contributed by atoms with Crippen LogP contribution in [0.1, 0.15) is 23.7 Å². The number of nitrogens with two attached hydrogens (primary N) is 1. The lowest BCUT2D eigenvalue weighted by Crippen LogP contribution is -2.24. The van der Waals surface area contributed by atoms with Gasteiger partial charge in [0.05, 0.1) is 12.3 Å². The van der Waals surface area contributed by atoms with Crippen molar-refractivity contribution in [3.05, 3.63) is 36.4 Å². The molecule has 1 amide bonds. The number of hydrogen-bond donors (Lipinski definition) is 2. The van der Waals surface area contributed by atoms with Crippen LogP contribution in [0.3, 0.4) is 0 Å². The van der Waals surface area contributed by atoms with Gasteiger partial charge < -0.3 is 15.8 Å². The quantitative estimate of drug-likeness (QED) is 0.449. The van der Waals surface area contributed by atoms with Gasteiger partial charge in [0.2, 0.25) is 0 Å². The van der Waals surface area contributed by atoms with Crippen LogP contribution in [0.15, 0.2) is 30.9 Å². The highest BCUT2D eigenvalue weighted by Gasteiger charge is 2.07. The molecule has 17 heavy (non-hydrogen) atoms. The van der Waals surface area contributed by atoms with E-state index in [9.17, 15) is 4.79 Å². The maximum absolute atomic E-state index is 11.7. The summed E-state index contributed by atoms with van der Waals surface area (Å²) >= 11 is 0. The van der Waals surface area contributed by atoms with Crippen molar-refractivity contribution in [3.63, 3.8) is 0 Å². The van der Waals surface area contributed by atoms with Crippen LogP contribution in [0.25, 0.3) is 0 Å². The number of rotatable bonds is 6. The highest BCUT2D eigenvalue weighted by atomic mass is 16.5. The van der Waals surface area contributed by atoms with Gasteiger partial charge in [0.1, 0.15) is 5.75 Å². The molecule has 0 aliphatic heterocycles. The molecule has 0 aliphatic rings. The molecule has 0 fully saturated rings. The Labute approximate surface area is 101 Å². The standard InChI is InChI=1S/C13H18N2O2/c1-3-5-8-15-13(16)10-6-7-12(17-4-2)11(14)9-10/h3,6-7,9H,1,4-5,8,14H2,2H3,(H,15,16). The Hall–Kier alpha value is -1.97. The highest BCUT2D eigenvalue weighted by molar-refractivity contribution is 5.95. The maximum atomic E-state index is 11.7. The Morgan fingerprint density at radius 2 is 2.35 bits per heavy atom. The number of carbonyl (C=O) groups is 1. The second-order valence-electron chi connectivity index (χ2n) is 3.52. The minimum Gasteiger partial charge on any atom is -0.492 e. The number of nitrogens with one attached hydrogen (secondary N) is 1. The molecular formula is C13H18N2O2. The number of amides is 1. The number of nitrogen functional groups attached to an aromatic ring is 1. The summed E-state index contributed by atoms with van der Waals surface area (Å²) in [6, 6.07) is 5.03. The van der Waals surface area contributed by atoms with Crippen LogP contribution >= 0.6 is 0 Å². The molecule has 1 aromatic carbocycles. The first-order valence-electron chi connectivity index (χ1n) is 5.60. The lowest BCUT2D eigenvalue weighted by Gasteiger charge is -2.09. The molecule has 0 spiro atoms. The highest BCUT2D eigenvalue weighted by Crippen LogP contribution is 2.22. The van der Waals surface area contributed by atoms with Gasteiger partial charge in [-0.3, -0.25) is 4.79 Å². The molecule has 92 valence electrons. The molecule has 0 aliphatic carbocycles. The number of ether oxygens (including phenoxy) is 1. The Kier molecular flexibility index (Phi) is 5.07. The molecule has 4 nitrogen and oxygen atoms in total. The van der Waals surface area contributed by atoms with Crippen LogP contribution in [-0.2, 0) is 0 Å². The van der Waals surface area contributed by atoms with Gasteiger partial charge in [0.15, 0.2) is 0 Å². The first-order chi connectivity index (χ1) is 8.19. The van der Waals surface area contributed by atoms with Gasteiger partial charge in [-0.05, 0) is 31.5 Å². The van der Waals surface area contributed by atoms with E-state index in [4.69, 9.17) is 10.5 Å². The lowest BCUT2D eigenvalue weighted by molar-refractivity contribution is 0.0954. The summed E-state index contributed by atoms with van der Waals surface area (Å²) in [5.41, 5.74) is 6.79. The number of benzene rings is 1. The Morgan fingerprint density at radius 3 is 2.94 bits per heavy atom. The van der Waals surface area contributed by atoms with E-state index in [0.717, 1.165) is 6.42 Å². The molecule has 0 saturated heterocycles. The van der Waals surface area contributed by atoms with Gasteiger partial charge in [-0.2, -0.15) is 0 Å². The van der Waals surface area contributed by atoms with E-state index in [0.29, 0.717) is 30.2 Å². The van der Waals surface area contributed by atoms with Gasteiger partial charge in [-0.1, -0.05) is 6.08 Å². The minimum atomic E-state index is -0.137. The molecule has 1 rings (SSSR count). The molecule has 0 bridgehead atoms. The van der Waals surface area contributed by atoms with E-state index in [-0.39, 0.29) is 5.91 Å². The molecule has 0 atom stereocenters. The third-order valence-electron chi connectivity index (χ3n) is 2.21. The fraction of sp³-hybridized carbons (Fsp3) is 0.308. The average Bonchev–Trinajstić information content (AvgIpc) is 2.32. The zero-order valence-electron chi connectivity index (χ0n) is 10.0. The maximum Gasteiger partial charge on any atom is 0.251 e. The number of carbonyl (C=O) groups excluding carboxylic acids is 1. The summed E-state index contributed by atoms with van der Waals surface area (Å²) in [6.07, 6.45) is 2.51. The molecule has 0 aromatic heterocycles. The fourth-order valence-electron chi connectivity index (χ4n) is 1.37. The predicted octanol–water partition coefficient (Wildman–Crippen LogP) is 1.97. The molecule has 0 saturated carbocycles. The van der Waals surface area contributed by atoms with Crippen LogP contribution in [0.5, 0.6) is 5.75 Å². The smallest absolute Gasteiger partial charge is 0.251 e. The summed E-state index contributed by atoms with van der Waals surface area (Å²) in [6.45, 7) is 6.60. The Morgan fingerprint density at radius 1 is 1.59 bits per heavy atom. The third-order valence-corrected chi connectivity index (χ3v) is 2.21. The summed E-state index contributed by atoms with van der Waals surface area (Å²) in [7, 11) is 0. The van der Waals surface area contributed by atoms with E-state index >= 15 is 0 Å². The normalized spacial score (nSPS) is 9.71. The molecular weight excluding hydrogens is 216 g/mol. The number of anilines is 1. The van der Waals surface area contributed by atoms with Crippen molar-refractivity contribution in [2.24, 2.45) is 0 Å². The second-order valence-corrected chi connectivity index (χ2v) is 3.52. The van der Waals surface area contributed by atoms with Crippen molar-refractivity contribution >= 4 is 11.6 Å². The summed E-state index contributed by atoms with van der Waals surface area (Å²) in [5.74, 6) is 0.469. The van der Waals surface area contributed by atoms with Crippen LogP contribution < -0.4 is 15.8 Å². The first kappa shape index (κ1) is 13.1. The van der Waals surface area contributed by atoms with Crippen LogP contribution in [0.4, 0.5) is 5.69 Å². The molecule has 4 heteroatoms. The molecule has 0 radical (unpaired) electrons. The van der Waals surface area contributed by atoms with Gasteiger partial charge in [-0.15, -0.1) is 6.58 Å². The Balaban J connectivity index is 2.68. The van der Waals surface area contributed by atoms with E-state index in [1.54, 1.807) is 24.3 Å². The molecule has 3 N–H and O–H groups in total. The van der Waals surface area contributed by atoms with Crippen molar-refractivity contribution in [2.75, 3.05) is 18.9 Å². The molecule has 0 heterocycles. The molecule has 0 unspecified atom stereocenters. The van der Waals surface area contributed by atoms with E-state index in [2.05, 4.69) is 11.9 Å². The van der Waals surface area contributed by atoms with Crippen molar-refractivity contribution in [2.45, 2.75) is 13.3 Å². The fourth-order valence-corrected chi connectivity index (χ4v) is 1.37. The van der Waals surface area contributed by atoms with Crippen LogP contribution in [0.2, 0.25) is 0 Å². The average molecular weight is 234 g/mol. The van der Waals surface area contributed by atoms with Crippen molar-refractivity contribution < 1.29 is 9.53 Å². The van der Waals surface area contributed by atoms with E-state index < -0.39 is 0 Å². The van der Waals surface area contributed by atoms with E-state index in [1.165, 1.54) is 0 Å².